The van der Waals surface area contributed by atoms with Crippen LogP contribution < -0.4 is 10.1 Å². The molecule has 31 heavy (non-hydrogen) atoms. The molecule has 1 unspecified atom stereocenters. The van der Waals surface area contributed by atoms with Gasteiger partial charge in [0.25, 0.3) is 5.69 Å². The van der Waals surface area contributed by atoms with Gasteiger partial charge in [-0.3, -0.25) is 19.6 Å². The molecular formula is C21H20N4O6. The van der Waals surface area contributed by atoms with Crippen LogP contribution in [0.4, 0.5) is 11.4 Å². The second-order valence-corrected chi connectivity index (χ2v) is 7.02. The van der Waals surface area contributed by atoms with Crippen molar-refractivity contribution >= 4 is 23.3 Å². The van der Waals surface area contributed by atoms with E-state index in [4.69, 9.17) is 9.84 Å². The summed E-state index contributed by atoms with van der Waals surface area (Å²) in [7, 11) is 0. The number of nitrogens with zero attached hydrogens (tertiary/aromatic N) is 3. The van der Waals surface area contributed by atoms with Crippen LogP contribution in [0.15, 0.2) is 48.8 Å². The number of rotatable bonds is 7. The Kier molecular flexibility index (Phi) is 6.00. The summed E-state index contributed by atoms with van der Waals surface area (Å²) < 4.78 is 7.04. The zero-order chi connectivity index (χ0) is 22.7. The number of hydrogen-bond acceptors (Lipinski definition) is 6. The lowest BCUT2D eigenvalue weighted by molar-refractivity contribution is -0.384. The van der Waals surface area contributed by atoms with Crippen LogP contribution in [0.3, 0.4) is 0 Å². The molecule has 0 radical (unpaired) electrons. The Morgan fingerprint density at radius 1 is 1.23 bits per heavy atom. The lowest BCUT2D eigenvalue weighted by Crippen LogP contribution is -2.24. The summed E-state index contributed by atoms with van der Waals surface area (Å²) in [5.41, 5.74) is 1.67. The van der Waals surface area contributed by atoms with Crippen molar-refractivity contribution in [3.05, 3.63) is 75.6 Å². The highest BCUT2D eigenvalue weighted by atomic mass is 16.6. The molecule has 160 valence electrons. The smallest absolute Gasteiger partial charge is 0.338 e. The monoisotopic (exact) mass is 424 g/mol. The van der Waals surface area contributed by atoms with Gasteiger partial charge in [-0.2, -0.15) is 5.10 Å². The molecule has 0 aliphatic carbocycles. The molecule has 0 saturated heterocycles. The van der Waals surface area contributed by atoms with Gasteiger partial charge >= 0.3 is 5.97 Å². The highest BCUT2D eigenvalue weighted by Gasteiger charge is 2.20. The number of nitro benzene ring substituents is 1. The maximum Gasteiger partial charge on any atom is 0.338 e. The lowest BCUT2D eigenvalue weighted by atomic mass is 10.1. The maximum atomic E-state index is 12.6. The molecule has 2 N–H and O–H groups in total. The van der Waals surface area contributed by atoms with Crippen LogP contribution in [0.25, 0.3) is 0 Å². The van der Waals surface area contributed by atoms with Gasteiger partial charge in [0.2, 0.25) is 5.91 Å². The van der Waals surface area contributed by atoms with Gasteiger partial charge in [-0.05, 0) is 38.0 Å². The molecule has 0 fully saturated rings. The summed E-state index contributed by atoms with van der Waals surface area (Å²) in [5.74, 6) is -0.953. The number of aromatic nitrogens is 2. The molecule has 1 heterocycles. The third-order valence-corrected chi connectivity index (χ3v) is 4.57. The Balaban J connectivity index is 1.86. The number of nitro groups is 1. The number of aryl methyl sites for hydroxylation is 2. The molecule has 1 amide bonds. The summed E-state index contributed by atoms with van der Waals surface area (Å²) in [5, 5.41) is 26.8. The molecule has 10 heteroatoms. The normalized spacial score (nSPS) is 11.6. The van der Waals surface area contributed by atoms with Crippen LogP contribution in [-0.2, 0) is 4.79 Å². The number of aromatic carboxylic acids is 1. The molecular weight excluding hydrogens is 404 g/mol. The van der Waals surface area contributed by atoms with E-state index < -0.39 is 22.8 Å². The van der Waals surface area contributed by atoms with Crippen LogP contribution in [0.2, 0.25) is 0 Å². The number of anilines is 1. The van der Waals surface area contributed by atoms with Crippen molar-refractivity contribution in [3.8, 4) is 11.5 Å². The highest BCUT2D eigenvalue weighted by Crippen LogP contribution is 2.32. The Morgan fingerprint density at radius 2 is 1.97 bits per heavy atom. The fourth-order valence-electron chi connectivity index (χ4n) is 2.79. The van der Waals surface area contributed by atoms with Crippen molar-refractivity contribution in [2.45, 2.75) is 26.8 Å². The fraction of sp³-hybridized carbons (Fsp3) is 0.190. The first-order chi connectivity index (χ1) is 14.6. The van der Waals surface area contributed by atoms with Crippen molar-refractivity contribution in [1.29, 1.82) is 0 Å². The maximum absolute atomic E-state index is 12.6. The Bertz CT molecular complexity index is 1170. The van der Waals surface area contributed by atoms with E-state index in [1.807, 2.05) is 32.0 Å². The molecule has 0 bridgehead atoms. The topological polar surface area (TPSA) is 137 Å². The minimum atomic E-state index is -1.16. The molecule has 0 aliphatic rings. The summed E-state index contributed by atoms with van der Waals surface area (Å²) in [6.45, 7) is 5.28. The standard InChI is InChI=1S/C21H20N4O6/c1-12-4-5-13(2)19(6-12)31-18-8-16(7-17(9-18)25(29)30)23-20(26)14(3)24-11-15(10-22-24)21(27)28/h4-11,14H,1-3H3,(H,23,26)(H,27,28). The van der Waals surface area contributed by atoms with Gasteiger partial charge < -0.3 is 15.2 Å². The number of nitrogens with one attached hydrogen (secondary N) is 1. The summed E-state index contributed by atoms with van der Waals surface area (Å²) in [6, 6.07) is 8.73. The molecule has 0 aliphatic heterocycles. The third kappa shape index (κ3) is 5.04. The number of carboxylic acids is 1. The molecule has 3 rings (SSSR count). The van der Waals surface area contributed by atoms with E-state index in [1.165, 1.54) is 36.0 Å². The molecule has 1 atom stereocenters. The number of ether oxygens (including phenoxy) is 1. The number of benzene rings is 2. The quantitative estimate of drug-likeness (QED) is 0.430. The van der Waals surface area contributed by atoms with Crippen molar-refractivity contribution in [2.75, 3.05) is 5.32 Å². The van der Waals surface area contributed by atoms with Crippen molar-refractivity contribution in [3.63, 3.8) is 0 Å². The Labute approximate surface area is 177 Å². The van der Waals surface area contributed by atoms with Gasteiger partial charge in [-0.15, -0.1) is 0 Å². The third-order valence-electron chi connectivity index (χ3n) is 4.57. The van der Waals surface area contributed by atoms with E-state index >= 15 is 0 Å². The van der Waals surface area contributed by atoms with Crippen LogP contribution in [0, 0.1) is 24.0 Å². The zero-order valence-electron chi connectivity index (χ0n) is 17.0. The number of non-ortho nitro benzene ring substituents is 1. The van der Waals surface area contributed by atoms with Crippen molar-refractivity contribution in [2.24, 2.45) is 0 Å². The van der Waals surface area contributed by atoms with E-state index in [2.05, 4.69) is 10.4 Å². The number of carbonyl (C=O) groups is 2. The second kappa shape index (κ2) is 8.66. The van der Waals surface area contributed by atoms with E-state index in [9.17, 15) is 19.7 Å². The molecule has 1 aromatic heterocycles. The van der Waals surface area contributed by atoms with Gasteiger partial charge in [0.1, 0.15) is 17.5 Å². The minimum Gasteiger partial charge on any atom is -0.478 e. The first kappa shape index (κ1) is 21.5. The summed E-state index contributed by atoms with van der Waals surface area (Å²) in [4.78, 5) is 34.4. The minimum absolute atomic E-state index is 0.0563. The largest absolute Gasteiger partial charge is 0.478 e. The van der Waals surface area contributed by atoms with E-state index in [0.29, 0.717) is 5.75 Å². The molecule has 0 spiro atoms. The second-order valence-electron chi connectivity index (χ2n) is 7.02. The van der Waals surface area contributed by atoms with E-state index in [0.717, 1.165) is 17.3 Å². The van der Waals surface area contributed by atoms with Crippen molar-refractivity contribution in [1.82, 2.24) is 9.78 Å². The predicted molar refractivity (Wildman–Crippen MR) is 112 cm³/mol. The van der Waals surface area contributed by atoms with Crippen LogP contribution >= 0.6 is 0 Å². The predicted octanol–water partition coefficient (Wildman–Crippen LogP) is 4.10. The van der Waals surface area contributed by atoms with E-state index in [-0.39, 0.29) is 22.7 Å². The van der Waals surface area contributed by atoms with Crippen molar-refractivity contribution < 1.29 is 24.4 Å². The SMILES string of the molecule is Cc1ccc(C)c(Oc2cc(NC(=O)C(C)n3cc(C(=O)O)cn3)cc([N+](=O)[O-])c2)c1. The van der Waals surface area contributed by atoms with Crippen LogP contribution in [0.1, 0.15) is 34.5 Å². The molecule has 10 nitrogen and oxygen atoms in total. The van der Waals surface area contributed by atoms with Gasteiger partial charge in [0.05, 0.1) is 28.4 Å². The summed E-state index contributed by atoms with van der Waals surface area (Å²) >= 11 is 0. The Morgan fingerprint density at radius 3 is 2.61 bits per heavy atom. The van der Waals surface area contributed by atoms with E-state index in [1.54, 1.807) is 0 Å². The van der Waals surface area contributed by atoms with Crippen LogP contribution in [0.5, 0.6) is 11.5 Å². The number of carbonyl (C=O) groups excluding carboxylic acids is 1. The van der Waals surface area contributed by atoms with Gasteiger partial charge in [-0.1, -0.05) is 12.1 Å². The first-order valence-corrected chi connectivity index (χ1v) is 9.27. The van der Waals surface area contributed by atoms with Gasteiger partial charge in [0, 0.05) is 18.3 Å². The Hall–Kier alpha value is -4.21. The first-order valence-electron chi connectivity index (χ1n) is 9.27. The molecule has 2 aromatic carbocycles. The summed E-state index contributed by atoms with van der Waals surface area (Å²) in [6.07, 6.45) is 2.37. The highest BCUT2D eigenvalue weighted by molar-refractivity contribution is 5.94. The lowest BCUT2D eigenvalue weighted by Gasteiger charge is -2.14. The zero-order valence-corrected chi connectivity index (χ0v) is 17.0. The fourth-order valence-corrected chi connectivity index (χ4v) is 2.79. The van der Waals surface area contributed by atoms with Crippen LogP contribution in [-0.4, -0.2) is 31.7 Å². The van der Waals surface area contributed by atoms with Gasteiger partial charge in [-0.25, -0.2) is 4.79 Å². The number of hydrogen-bond donors (Lipinski definition) is 2. The van der Waals surface area contributed by atoms with Gasteiger partial charge in [0.15, 0.2) is 0 Å². The number of amides is 1. The molecule has 3 aromatic rings. The average Bonchev–Trinajstić information content (AvgIpc) is 3.20. The molecule has 0 saturated carbocycles. The number of carboxylic acid groups (broad SMARTS) is 1. The average molecular weight is 424 g/mol.